The van der Waals surface area contributed by atoms with Gasteiger partial charge in [0.05, 0.1) is 15.9 Å². The van der Waals surface area contributed by atoms with Crippen LogP contribution in [0.1, 0.15) is 0 Å². The molecule has 24 heavy (non-hydrogen) atoms. The van der Waals surface area contributed by atoms with Gasteiger partial charge in [-0.3, -0.25) is 18.7 Å². The molecule has 0 amide bonds. The van der Waals surface area contributed by atoms with E-state index >= 15 is 0 Å². The minimum Gasteiger partial charge on any atom is -0.317 e. The number of aromatic nitrogens is 3. The molecule has 0 aliphatic carbocycles. The van der Waals surface area contributed by atoms with Gasteiger partial charge in [-0.1, -0.05) is 0 Å². The highest BCUT2D eigenvalue weighted by Crippen LogP contribution is 2.19. The number of hydrogen-bond donors (Lipinski definition) is 1. The summed E-state index contributed by atoms with van der Waals surface area (Å²) in [5.41, 5.74) is 0.379. The average Bonchev–Trinajstić information content (AvgIpc) is 2.76. The predicted molar refractivity (Wildman–Crippen MR) is 90.7 cm³/mol. The number of hydrogen-bond acceptors (Lipinski definition) is 4. The summed E-state index contributed by atoms with van der Waals surface area (Å²) in [6.07, 6.45) is 1.53. The number of rotatable bonds is 3. The summed E-state index contributed by atoms with van der Waals surface area (Å²) >= 11 is 0. The van der Waals surface area contributed by atoms with Gasteiger partial charge in [0.25, 0.3) is 15.6 Å². The van der Waals surface area contributed by atoms with Crippen LogP contribution in [0.2, 0.25) is 0 Å². The summed E-state index contributed by atoms with van der Waals surface area (Å²) in [7, 11) is 0.768. The van der Waals surface area contributed by atoms with Gasteiger partial charge in [0.15, 0.2) is 0 Å². The van der Waals surface area contributed by atoms with Crippen molar-refractivity contribution in [3.63, 3.8) is 0 Å². The highest BCUT2D eigenvalue weighted by molar-refractivity contribution is 7.92. The van der Waals surface area contributed by atoms with Crippen LogP contribution in [0.5, 0.6) is 0 Å². The van der Waals surface area contributed by atoms with Crippen molar-refractivity contribution in [3.8, 4) is 0 Å². The summed E-state index contributed by atoms with van der Waals surface area (Å²) < 4.78 is 31.5. The van der Waals surface area contributed by atoms with Crippen LogP contribution in [0.3, 0.4) is 0 Å². The minimum absolute atomic E-state index is 0.0258. The van der Waals surface area contributed by atoms with E-state index in [0.717, 1.165) is 0 Å². The summed E-state index contributed by atoms with van der Waals surface area (Å²) in [5.74, 6) is 0. The van der Waals surface area contributed by atoms with Crippen molar-refractivity contribution in [3.05, 3.63) is 57.4 Å². The van der Waals surface area contributed by atoms with E-state index in [1.165, 1.54) is 45.1 Å². The van der Waals surface area contributed by atoms with E-state index in [9.17, 15) is 18.0 Å². The van der Waals surface area contributed by atoms with Crippen LogP contribution in [0.15, 0.2) is 51.0 Å². The van der Waals surface area contributed by atoms with Crippen molar-refractivity contribution < 1.29 is 8.42 Å². The molecule has 0 saturated heterocycles. The first-order valence-electron chi connectivity index (χ1n) is 7.06. The summed E-state index contributed by atoms with van der Waals surface area (Å²) in [5, 5.41) is 0. The van der Waals surface area contributed by atoms with Gasteiger partial charge >= 0.3 is 5.69 Å². The average molecular weight is 348 g/mol. The van der Waals surface area contributed by atoms with Crippen LogP contribution in [-0.2, 0) is 31.2 Å². The fourth-order valence-electron chi connectivity index (χ4n) is 2.53. The molecule has 3 rings (SSSR count). The Morgan fingerprint density at radius 1 is 0.958 bits per heavy atom. The molecule has 9 heteroatoms. The second kappa shape index (κ2) is 5.38. The summed E-state index contributed by atoms with van der Waals surface area (Å²) in [6, 6.07) is 7.35. The van der Waals surface area contributed by atoms with Gasteiger partial charge in [-0.15, -0.1) is 0 Å². The Morgan fingerprint density at radius 3 is 2.33 bits per heavy atom. The molecule has 0 atom stereocenters. The van der Waals surface area contributed by atoms with Gasteiger partial charge < -0.3 is 4.57 Å². The molecular weight excluding hydrogens is 332 g/mol. The lowest BCUT2D eigenvalue weighted by atomic mass is 10.3. The molecule has 0 fully saturated rings. The van der Waals surface area contributed by atoms with Crippen molar-refractivity contribution in [2.24, 2.45) is 21.1 Å². The number of pyridine rings is 1. The van der Waals surface area contributed by atoms with Gasteiger partial charge in [-0.05, 0) is 30.3 Å². The van der Waals surface area contributed by atoms with Crippen molar-refractivity contribution in [1.82, 2.24) is 13.7 Å². The zero-order valence-electron chi connectivity index (χ0n) is 13.3. The zero-order chi connectivity index (χ0) is 17.6. The van der Waals surface area contributed by atoms with Gasteiger partial charge in [0.1, 0.15) is 5.69 Å². The predicted octanol–water partition coefficient (Wildman–Crippen LogP) is 0.376. The van der Waals surface area contributed by atoms with E-state index in [-0.39, 0.29) is 16.3 Å². The standard InChI is InChI=1S/C15H16N4O4S/c1-17-8-4-5-11(14(17)20)16-24(22,23)10-6-7-12-13(9-10)19(3)15(21)18(12)2/h4-9,16H,1-3H3. The minimum atomic E-state index is -3.95. The highest BCUT2D eigenvalue weighted by Gasteiger charge is 2.18. The third-order valence-corrected chi connectivity index (χ3v) is 5.28. The molecule has 0 aliphatic rings. The second-order valence-corrected chi connectivity index (χ2v) is 7.18. The number of anilines is 1. The first-order valence-corrected chi connectivity index (χ1v) is 8.54. The molecule has 2 aromatic heterocycles. The lowest BCUT2D eigenvalue weighted by Gasteiger charge is -2.09. The maximum absolute atomic E-state index is 12.6. The Kier molecular flexibility index (Phi) is 3.60. The third kappa shape index (κ3) is 2.42. The van der Waals surface area contributed by atoms with Gasteiger partial charge in [-0.2, -0.15) is 0 Å². The van der Waals surface area contributed by atoms with Crippen LogP contribution in [0, 0.1) is 0 Å². The highest BCUT2D eigenvalue weighted by atomic mass is 32.2. The van der Waals surface area contributed by atoms with Gasteiger partial charge in [-0.25, -0.2) is 13.2 Å². The Hall–Kier alpha value is -2.81. The second-order valence-electron chi connectivity index (χ2n) is 5.49. The summed E-state index contributed by atoms with van der Waals surface area (Å²) in [4.78, 5) is 23.9. The lowest BCUT2D eigenvalue weighted by molar-refractivity contribution is 0.601. The Balaban J connectivity index is 2.12. The Morgan fingerprint density at radius 2 is 1.62 bits per heavy atom. The number of imidazole rings is 1. The molecule has 0 bridgehead atoms. The van der Waals surface area contributed by atoms with E-state index in [1.807, 2.05) is 0 Å². The van der Waals surface area contributed by atoms with Gasteiger partial charge in [0, 0.05) is 27.3 Å². The molecule has 1 aromatic carbocycles. The number of nitrogens with zero attached hydrogens (tertiary/aromatic N) is 3. The fourth-order valence-corrected chi connectivity index (χ4v) is 3.61. The number of aryl methyl sites for hydroxylation is 3. The normalized spacial score (nSPS) is 11.8. The van der Waals surface area contributed by atoms with Crippen molar-refractivity contribution in [1.29, 1.82) is 0 Å². The zero-order valence-corrected chi connectivity index (χ0v) is 14.2. The first kappa shape index (κ1) is 16.1. The van der Waals surface area contributed by atoms with Crippen molar-refractivity contribution in [2.75, 3.05) is 4.72 Å². The van der Waals surface area contributed by atoms with Gasteiger partial charge in [0.2, 0.25) is 0 Å². The largest absolute Gasteiger partial charge is 0.328 e. The molecule has 0 aliphatic heterocycles. The maximum Gasteiger partial charge on any atom is 0.328 e. The fraction of sp³-hybridized carbons (Fsp3) is 0.200. The van der Waals surface area contributed by atoms with E-state index in [0.29, 0.717) is 11.0 Å². The molecule has 3 aromatic rings. The van der Waals surface area contributed by atoms with Crippen LogP contribution < -0.4 is 16.0 Å². The third-order valence-electron chi connectivity index (χ3n) is 3.92. The SMILES string of the molecule is Cn1cccc(NS(=O)(=O)c2ccc3c(c2)n(C)c(=O)n3C)c1=O. The molecule has 0 radical (unpaired) electrons. The molecule has 126 valence electrons. The Bertz CT molecular complexity index is 1170. The van der Waals surface area contributed by atoms with Crippen molar-refractivity contribution >= 4 is 26.7 Å². The molecule has 0 unspecified atom stereocenters. The van der Waals surface area contributed by atoms with Crippen LogP contribution in [0.4, 0.5) is 5.69 Å². The maximum atomic E-state index is 12.6. The van der Waals surface area contributed by atoms with Crippen LogP contribution >= 0.6 is 0 Å². The molecular formula is C15H16N4O4S. The summed E-state index contributed by atoms with van der Waals surface area (Å²) in [6.45, 7) is 0. The molecule has 0 saturated carbocycles. The first-order chi connectivity index (χ1) is 11.2. The van der Waals surface area contributed by atoms with E-state index in [2.05, 4.69) is 4.72 Å². The number of nitrogens with one attached hydrogen (secondary N) is 1. The molecule has 8 nitrogen and oxygen atoms in total. The smallest absolute Gasteiger partial charge is 0.317 e. The molecule has 2 heterocycles. The van der Waals surface area contributed by atoms with E-state index < -0.39 is 15.6 Å². The quantitative estimate of drug-likeness (QED) is 0.740. The number of sulfonamides is 1. The molecule has 0 spiro atoms. The molecule has 1 N–H and O–H groups in total. The number of fused-ring (bicyclic) bond motifs is 1. The van der Waals surface area contributed by atoms with E-state index in [4.69, 9.17) is 0 Å². The van der Waals surface area contributed by atoms with Crippen molar-refractivity contribution in [2.45, 2.75) is 4.90 Å². The number of benzene rings is 1. The van der Waals surface area contributed by atoms with Crippen LogP contribution in [-0.4, -0.2) is 22.1 Å². The topological polar surface area (TPSA) is 95.1 Å². The lowest BCUT2D eigenvalue weighted by Crippen LogP contribution is -2.23. The van der Waals surface area contributed by atoms with E-state index in [1.54, 1.807) is 26.2 Å². The Labute approximate surface area is 137 Å². The monoisotopic (exact) mass is 348 g/mol. The van der Waals surface area contributed by atoms with Crippen LogP contribution in [0.25, 0.3) is 11.0 Å².